The van der Waals surface area contributed by atoms with Crippen molar-refractivity contribution in [3.8, 4) is 0 Å². The smallest absolute Gasteiger partial charge is 0.216 e. The molecule has 0 saturated carbocycles. The first-order chi connectivity index (χ1) is 10.2. The average molecular weight is 331 g/mol. The molecule has 1 aromatic heterocycles. The Balaban J connectivity index is 2.07. The van der Waals surface area contributed by atoms with Crippen molar-refractivity contribution in [2.45, 2.75) is 18.3 Å². The van der Waals surface area contributed by atoms with Crippen LogP contribution in [-0.4, -0.2) is 20.1 Å². The van der Waals surface area contributed by atoms with Crippen LogP contribution in [0.4, 0.5) is 8.78 Å². The third-order valence-electron chi connectivity index (χ3n) is 3.04. The Hall–Kier alpha value is -1.77. The molecule has 0 amide bonds. The van der Waals surface area contributed by atoms with E-state index in [2.05, 4.69) is 4.72 Å². The molecule has 120 valence electrons. The van der Waals surface area contributed by atoms with E-state index in [4.69, 9.17) is 4.42 Å². The summed E-state index contributed by atoms with van der Waals surface area (Å²) in [6.07, 6.45) is 1.35. The van der Waals surface area contributed by atoms with E-state index in [-0.39, 0.29) is 17.9 Å². The van der Waals surface area contributed by atoms with Gasteiger partial charge in [0.15, 0.2) is 0 Å². The molecule has 0 aliphatic heterocycles. The molecule has 0 fully saturated rings. The van der Waals surface area contributed by atoms with E-state index in [0.29, 0.717) is 0 Å². The fraction of sp³-hybridized carbons (Fsp3) is 0.286. The topological polar surface area (TPSA) is 79.5 Å². The predicted octanol–water partition coefficient (Wildman–Crippen LogP) is 1.88. The van der Waals surface area contributed by atoms with Crippen molar-refractivity contribution >= 4 is 10.0 Å². The van der Waals surface area contributed by atoms with Gasteiger partial charge in [0.25, 0.3) is 0 Å². The molecular formula is C14H15F2NO4S. The maximum atomic E-state index is 13.5. The van der Waals surface area contributed by atoms with Crippen LogP contribution in [0.3, 0.4) is 0 Å². The Morgan fingerprint density at radius 2 is 2.05 bits per heavy atom. The van der Waals surface area contributed by atoms with Gasteiger partial charge in [0, 0.05) is 12.1 Å². The second kappa shape index (κ2) is 6.15. The molecule has 2 N–H and O–H groups in total. The van der Waals surface area contributed by atoms with Gasteiger partial charge in [-0.1, -0.05) is 0 Å². The summed E-state index contributed by atoms with van der Waals surface area (Å²) in [5, 5.41) is 10.1. The van der Waals surface area contributed by atoms with E-state index in [9.17, 15) is 22.3 Å². The Kier molecular flexibility index (Phi) is 4.64. The highest BCUT2D eigenvalue weighted by Gasteiger charge is 2.28. The number of sulfonamides is 1. The lowest BCUT2D eigenvalue weighted by molar-refractivity contribution is 0.0395. The lowest BCUT2D eigenvalue weighted by atomic mass is 10.1. The maximum absolute atomic E-state index is 13.5. The number of hydrogen-bond acceptors (Lipinski definition) is 4. The van der Waals surface area contributed by atoms with Crippen molar-refractivity contribution in [2.24, 2.45) is 0 Å². The van der Waals surface area contributed by atoms with Gasteiger partial charge in [-0.05, 0) is 37.3 Å². The lowest BCUT2D eigenvalue weighted by Gasteiger charge is -2.21. The summed E-state index contributed by atoms with van der Waals surface area (Å²) >= 11 is 0. The van der Waals surface area contributed by atoms with E-state index in [1.54, 1.807) is 6.07 Å². The third kappa shape index (κ3) is 4.12. The van der Waals surface area contributed by atoms with Crippen molar-refractivity contribution in [3.05, 3.63) is 59.6 Å². The molecule has 1 unspecified atom stereocenters. The Morgan fingerprint density at radius 1 is 1.32 bits per heavy atom. The molecule has 1 heterocycles. The molecule has 0 spiro atoms. The highest BCUT2D eigenvalue weighted by Crippen LogP contribution is 2.20. The van der Waals surface area contributed by atoms with E-state index in [1.165, 1.54) is 19.3 Å². The van der Waals surface area contributed by atoms with E-state index in [0.717, 1.165) is 18.2 Å². The Bertz CT molecular complexity index is 742. The minimum Gasteiger partial charge on any atom is -0.466 e. The maximum Gasteiger partial charge on any atom is 0.216 e. The van der Waals surface area contributed by atoms with Gasteiger partial charge in [0.05, 0.1) is 12.0 Å². The molecule has 1 aromatic carbocycles. The molecule has 0 aliphatic rings. The quantitative estimate of drug-likeness (QED) is 0.847. The molecule has 0 aliphatic carbocycles. The Morgan fingerprint density at radius 3 is 2.68 bits per heavy atom. The summed E-state index contributed by atoms with van der Waals surface area (Å²) in [4.78, 5) is 0. The first-order valence-electron chi connectivity index (χ1n) is 6.37. The number of nitrogens with one attached hydrogen (secondary N) is 1. The molecule has 8 heteroatoms. The van der Waals surface area contributed by atoms with Gasteiger partial charge in [-0.2, -0.15) is 0 Å². The van der Waals surface area contributed by atoms with Gasteiger partial charge in [0.1, 0.15) is 23.0 Å². The monoisotopic (exact) mass is 331 g/mol. The van der Waals surface area contributed by atoms with E-state index in [1.807, 2.05) is 0 Å². The molecule has 0 saturated heterocycles. The zero-order chi connectivity index (χ0) is 16.4. The van der Waals surface area contributed by atoms with Gasteiger partial charge in [-0.15, -0.1) is 0 Å². The molecule has 2 aromatic rings. The summed E-state index contributed by atoms with van der Waals surface area (Å²) in [6, 6.07) is 5.64. The first kappa shape index (κ1) is 16.6. The van der Waals surface area contributed by atoms with Crippen LogP contribution in [0.15, 0.2) is 41.0 Å². The number of halogens is 2. The SMILES string of the molecule is CC(O)(CNS(=O)(=O)Cc1cc(F)ccc1F)c1ccco1. The second-order valence-electron chi connectivity index (χ2n) is 5.07. The molecule has 2 rings (SSSR count). The number of rotatable bonds is 6. The van der Waals surface area contributed by atoms with Crippen LogP contribution in [0.25, 0.3) is 0 Å². The number of aliphatic hydroxyl groups is 1. The molecule has 0 radical (unpaired) electrons. The predicted molar refractivity (Wildman–Crippen MR) is 75.3 cm³/mol. The summed E-state index contributed by atoms with van der Waals surface area (Å²) < 4.78 is 57.6. The highest BCUT2D eigenvalue weighted by atomic mass is 32.2. The Labute approximate surface area is 126 Å². The minimum atomic E-state index is -3.96. The number of benzene rings is 1. The summed E-state index contributed by atoms with van der Waals surface area (Å²) in [5.41, 5.74) is -1.85. The zero-order valence-corrected chi connectivity index (χ0v) is 12.5. The third-order valence-corrected chi connectivity index (χ3v) is 4.32. The zero-order valence-electron chi connectivity index (χ0n) is 11.7. The number of hydrogen-bond donors (Lipinski definition) is 2. The minimum absolute atomic E-state index is 0.187. The van der Waals surface area contributed by atoms with Crippen molar-refractivity contribution in [2.75, 3.05) is 6.54 Å². The van der Waals surface area contributed by atoms with Crippen molar-refractivity contribution in [3.63, 3.8) is 0 Å². The lowest BCUT2D eigenvalue weighted by Crippen LogP contribution is -2.38. The first-order valence-corrected chi connectivity index (χ1v) is 8.02. The van der Waals surface area contributed by atoms with E-state index < -0.39 is 33.0 Å². The molecule has 5 nitrogen and oxygen atoms in total. The summed E-state index contributed by atoms with van der Waals surface area (Å²) in [7, 11) is -3.96. The van der Waals surface area contributed by atoms with Crippen LogP contribution in [0, 0.1) is 11.6 Å². The standard InChI is InChI=1S/C14H15F2NO4S/c1-14(18,13-3-2-6-21-13)9-17-22(19,20)8-10-7-11(15)4-5-12(10)16/h2-7,17-18H,8-9H2,1H3. The molecule has 1 atom stereocenters. The second-order valence-corrected chi connectivity index (χ2v) is 6.87. The van der Waals surface area contributed by atoms with E-state index >= 15 is 0 Å². The van der Waals surface area contributed by atoms with Crippen molar-refractivity contribution in [1.29, 1.82) is 0 Å². The van der Waals surface area contributed by atoms with Crippen molar-refractivity contribution in [1.82, 2.24) is 4.72 Å². The van der Waals surface area contributed by atoms with Crippen LogP contribution in [0.2, 0.25) is 0 Å². The van der Waals surface area contributed by atoms with Crippen LogP contribution < -0.4 is 4.72 Å². The van der Waals surface area contributed by atoms with Crippen LogP contribution in [0.1, 0.15) is 18.2 Å². The number of furan rings is 1. The van der Waals surface area contributed by atoms with Gasteiger partial charge in [-0.25, -0.2) is 21.9 Å². The van der Waals surface area contributed by atoms with Gasteiger partial charge >= 0.3 is 0 Å². The fourth-order valence-corrected chi connectivity index (χ4v) is 3.07. The van der Waals surface area contributed by atoms with Crippen LogP contribution >= 0.6 is 0 Å². The average Bonchev–Trinajstić information content (AvgIpc) is 2.96. The van der Waals surface area contributed by atoms with Crippen LogP contribution in [-0.2, 0) is 21.4 Å². The van der Waals surface area contributed by atoms with Crippen molar-refractivity contribution < 1.29 is 26.7 Å². The summed E-state index contributed by atoms with van der Waals surface area (Å²) in [5.74, 6) is -2.09. The van der Waals surface area contributed by atoms with Gasteiger partial charge < -0.3 is 9.52 Å². The molecular weight excluding hydrogens is 316 g/mol. The normalized spacial score (nSPS) is 14.7. The summed E-state index contributed by atoms with van der Waals surface area (Å²) in [6.45, 7) is 1.01. The fourth-order valence-electron chi connectivity index (χ4n) is 1.83. The molecule has 0 bridgehead atoms. The van der Waals surface area contributed by atoms with Crippen LogP contribution in [0.5, 0.6) is 0 Å². The molecule has 22 heavy (non-hydrogen) atoms. The van der Waals surface area contributed by atoms with Gasteiger partial charge in [-0.3, -0.25) is 0 Å². The largest absolute Gasteiger partial charge is 0.466 e. The van der Waals surface area contributed by atoms with Gasteiger partial charge in [0.2, 0.25) is 10.0 Å². The highest BCUT2D eigenvalue weighted by molar-refractivity contribution is 7.88.